The van der Waals surface area contributed by atoms with Gasteiger partial charge in [-0.2, -0.15) is 5.26 Å². The molecule has 1 aliphatic rings. The zero-order valence-corrected chi connectivity index (χ0v) is 10.6. The molecule has 100 valence electrons. The summed E-state index contributed by atoms with van der Waals surface area (Å²) in [7, 11) is 0. The molecule has 1 aliphatic carbocycles. The average Bonchev–Trinajstić information content (AvgIpc) is 2.46. The number of carbonyl (C=O) groups is 1. The van der Waals surface area contributed by atoms with Crippen LogP contribution >= 0.6 is 0 Å². The first-order valence-electron chi connectivity index (χ1n) is 6.53. The minimum atomic E-state index is -0.486. The van der Waals surface area contributed by atoms with Gasteiger partial charge in [-0.25, -0.2) is 9.37 Å². The van der Waals surface area contributed by atoms with Gasteiger partial charge in [0.2, 0.25) is 0 Å². The molecule has 4 nitrogen and oxygen atoms in total. The molecule has 1 atom stereocenters. The molecule has 0 spiro atoms. The van der Waals surface area contributed by atoms with Crippen LogP contribution in [0.1, 0.15) is 42.6 Å². The van der Waals surface area contributed by atoms with Crippen LogP contribution in [0, 0.1) is 23.1 Å². The fourth-order valence-electron chi connectivity index (χ4n) is 2.45. The Hall–Kier alpha value is -1.96. The van der Waals surface area contributed by atoms with Crippen molar-refractivity contribution in [3.8, 4) is 6.07 Å². The summed E-state index contributed by atoms with van der Waals surface area (Å²) in [5.74, 6) is -0.694. The van der Waals surface area contributed by atoms with E-state index in [-0.39, 0.29) is 11.6 Å². The lowest BCUT2D eigenvalue weighted by Crippen LogP contribution is -2.40. The molecule has 0 saturated heterocycles. The van der Waals surface area contributed by atoms with Crippen molar-refractivity contribution in [2.45, 2.75) is 38.1 Å². The van der Waals surface area contributed by atoms with Crippen molar-refractivity contribution < 1.29 is 9.18 Å². The van der Waals surface area contributed by atoms with Crippen molar-refractivity contribution in [3.05, 3.63) is 29.8 Å². The van der Waals surface area contributed by atoms with E-state index in [0.717, 1.165) is 31.9 Å². The number of nitrogens with one attached hydrogen (secondary N) is 1. The fourth-order valence-corrected chi connectivity index (χ4v) is 2.45. The summed E-state index contributed by atoms with van der Waals surface area (Å²) in [4.78, 5) is 15.6. The highest BCUT2D eigenvalue weighted by Gasteiger charge is 2.25. The number of hydrogen-bond donors (Lipinski definition) is 1. The Balaban J connectivity index is 1.99. The number of nitrogens with zero attached hydrogens (tertiary/aromatic N) is 2. The van der Waals surface area contributed by atoms with E-state index in [1.807, 2.05) is 0 Å². The molecule has 0 aliphatic heterocycles. The zero-order valence-electron chi connectivity index (χ0n) is 10.6. The van der Waals surface area contributed by atoms with E-state index < -0.39 is 17.8 Å². The molecule has 2 rings (SSSR count). The van der Waals surface area contributed by atoms with Crippen LogP contribution in [0.4, 0.5) is 4.39 Å². The molecule has 5 heteroatoms. The number of carbonyl (C=O) groups excluding carboxylic acids is 1. The van der Waals surface area contributed by atoms with Crippen molar-refractivity contribution in [2.24, 2.45) is 5.92 Å². The summed E-state index contributed by atoms with van der Waals surface area (Å²) >= 11 is 0. The molecular formula is C14H16FN3O. The largest absolute Gasteiger partial charge is 0.335 e. The highest BCUT2D eigenvalue weighted by atomic mass is 19.1. The predicted octanol–water partition coefficient (Wildman–Crippen LogP) is 2.42. The Morgan fingerprint density at radius 1 is 1.42 bits per heavy atom. The van der Waals surface area contributed by atoms with E-state index in [2.05, 4.69) is 16.4 Å². The van der Waals surface area contributed by atoms with Crippen LogP contribution in [-0.4, -0.2) is 16.9 Å². The molecule has 1 amide bonds. The summed E-state index contributed by atoms with van der Waals surface area (Å²) in [5.41, 5.74) is 0.137. The number of nitriles is 1. The molecule has 1 heterocycles. The molecule has 1 N–H and O–H groups in total. The second kappa shape index (κ2) is 6.28. The minimum Gasteiger partial charge on any atom is -0.335 e. The van der Waals surface area contributed by atoms with E-state index in [9.17, 15) is 14.4 Å². The molecule has 0 aromatic carbocycles. The number of hydrogen-bond acceptors (Lipinski definition) is 3. The van der Waals surface area contributed by atoms with Gasteiger partial charge in [0.15, 0.2) is 0 Å². The van der Waals surface area contributed by atoms with E-state index >= 15 is 0 Å². The topological polar surface area (TPSA) is 65.8 Å². The van der Waals surface area contributed by atoms with Gasteiger partial charge in [0, 0.05) is 0 Å². The first-order chi connectivity index (χ1) is 9.20. The maximum absolute atomic E-state index is 12.7. The lowest BCUT2D eigenvalue weighted by atomic mass is 9.84. The Morgan fingerprint density at radius 3 is 2.74 bits per heavy atom. The Kier molecular flexibility index (Phi) is 4.45. The summed E-state index contributed by atoms with van der Waals surface area (Å²) in [6.07, 6.45) is 6.34. The molecule has 1 aromatic heterocycles. The average molecular weight is 261 g/mol. The Morgan fingerprint density at radius 2 is 2.16 bits per heavy atom. The van der Waals surface area contributed by atoms with Gasteiger partial charge in [0.25, 0.3) is 5.91 Å². The fraction of sp³-hybridized carbons (Fsp3) is 0.500. The second-order valence-corrected chi connectivity index (χ2v) is 4.84. The third kappa shape index (κ3) is 3.50. The van der Waals surface area contributed by atoms with Gasteiger partial charge >= 0.3 is 0 Å². The van der Waals surface area contributed by atoms with Crippen LogP contribution < -0.4 is 5.32 Å². The quantitative estimate of drug-likeness (QED) is 0.908. The van der Waals surface area contributed by atoms with Crippen molar-refractivity contribution in [1.29, 1.82) is 5.26 Å². The Labute approximate surface area is 111 Å². The van der Waals surface area contributed by atoms with E-state index in [1.165, 1.54) is 18.6 Å². The first kappa shape index (κ1) is 13.5. The number of pyridine rings is 1. The van der Waals surface area contributed by atoms with Crippen LogP contribution in [0.15, 0.2) is 18.3 Å². The number of aromatic nitrogens is 1. The Bertz CT molecular complexity index is 474. The van der Waals surface area contributed by atoms with Crippen LogP contribution in [0.2, 0.25) is 0 Å². The lowest BCUT2D eigenvalue weighted by molar-refractivity contribution is 0.0924. The van der Waals surface area contributed by atoms with Crippen LogP contribution in [-0.2, 0) is 0 Å². The third-order valence-corrected chi connectivity index (χ3v) is 3.51. The van der Waals surface area contributed by atoms with Gasteiger partial charge in [-0.05, 0) is 30.9 Å². The molecule has 1 saturated carbocycles. The molecule has 0 bridgehead atoms. The maximum atomic E-state index is 12.7. The van der Waals surface area contributed by atoms with Gasteiger partial charge < -0.3 is 5.32 Å². The number of halogens is 1. The SMILES string of the molecule is N#CC(NC(=O)c1ccc(F)cn1)C1CCCCC1. The second-order valence-electron chi connectivity index (χ2n) is 4.84. The van der Waals surface area contributed by atoms with Crippen LogP contribution in [0.25, 0.3) is 0 Å². The van der Waals surface area contributed by atoms with E-state index in [4.69, 9.17) is 0 Å². The highest BCUT2D eigenvalue weighted by Crippen LogP contribution is 2.26. The lowest BCUT2D eigenvalue weighted by Gasteiger charge is -2.26. The zero-order chi connectivity index (χ0) is 13.7. The summed E-state index contributed by atoms with van der Waals surface area (Å²) < 4.78 is 12.7. The molecule has 0 radical (unpaired) electrons. The standard InChI is InChI=1S/C14H16FN3O/c15-11-6-7-12(17-9-11)14(19)18-13(8-16)10-4-2-1-3-5-10/h6-7,9-10,13H,1-5H2,(H,18,19). The van der Waals surface area contributed by atoms with Crippen LogP contribution in [0.3, 0.4) is 0 Å². The third-order valence-electron chi connectivity index (χ3n) is 3.51. The molecule has 1 aromatic rings. The smallest absolute Gasteiger partial charge is 0.270 e. The number of amides is 1. The van der Waals surface area contributed by atoms with Crippen molar-refractivity contribution in [2.75, 3.05) is 0 Å². The van der Waals surface area contributed by atoms with Gasteiger partial charge in [-0.3, -0.25) is 4.79 Å². The minimum absolute atomic E-state index is 0.137. The first-order valence-corrected chi connectivity index (χ1v) is 6.53. The number of rotatable bonds is 3. The molecule has 1 unspecified atom stereocenters. The van der Waals surface area contributed by atoms with Crippen LogP contribution in [0.5, 0.6) is 0 Å². The maximum Gasteiger partial charge on any atom is 0.270 e. The molecular weight excluding hydrogens is 245 g/mol. The monoisotopic (exact) mass is 261 g/mol. The molecule has 1 fully saturated rings. The van der Waals surface area contributed by atoms with Gasteiger partial charge in [-0.15, -0.1) is 0 Å². The van der Waals surface area contributed by atoms with E-state index in [1.54, 1.807) is 0 Å². The van der Waals surface area contributed by atoms with E-state index in [0.29, 0.717) is 0 Å². The summed E-state index contributed by atoms with van der Waals surface area (Å²) in [5, 5.41) is 11.9. The van der Waals surface area contributed by atoms with Gasteiger partial charge in [0.05, 0.1) is 12.3 Å². The summed E-state index contributed by atoms with van der Waals surface area (Å²) in [6.45, 7) is 0. The van der Waals surface area contributed by atoms with Crippen molar-refractivity contribution in [1.82, 2.24) is 10.3 Å². The van der Waals surface area contributed by atoms with Crippen molar-refractivity contribution in [3.63, 3.8) is 0 Å². The van der Waals surface area contributed by atoms with Gasteiger partial charge in [0.1, 0.15) is 17.6 Å². The normalized spacial score (nSPS) is 17.5. The predicted molar refractivity (Wildman–Crippen MR) is 67.6 cm³/mol. The summed E-state index contributed by atoms with van der Waals surface area (Å²) in [6, 6.07) is 4.17. The molecule has 19 heavy (non-hydrogen) atoms. The van der Waals surface area contributed by atoms with Gasteiger partial charge in [-0.1, -0.05) is 19.3 Å². The van der Waals surface area contributed by atoms with Crippen molar-refractivity contribution >= 4 is 5.91 Å². The highest BCUT2D eigenvalue weighted by molar-refractivity contribution is 5.92.